The Balaban J connectivity index is 2.20. The van der Waals surface area contributed by atoms with Crippen molar-refractivity contribution in [1.82, 2.24) is 10.2 Å². The zero-order valence-electron chi connectivity index (χ0n) is 11.8. The second-order valence-electron chi connectivity index (χ2n) is 5.50. The molecule has 5 heteroatoms. The van der Waals surface area contributed by atoms with Crippen LogP contribution in [0.5, 0.6) is 0 Å². The van der Waals surface area contributed by atoms with Crippen molar-refractivity contribution in [3.63, 3.8) is 0 Å². The van der Waals surface area contributed by atoms with Crippen LogP contribution in [0.4, 0.5) is 0 Å². The number of carbonyl (C=O) groups excluding carboxylic acids is 1. The van der Waals surface area contributed by atoms with Crippen molar-refractivity contribution in [2.75, 3.05) is 13.1 Å². The summed E-state index contributed by atoms with van der Waals surface area (Å²) in [7, 11) is 0. The lowest BCUT2D eigenvalue weighted by atomic mass is 10.1. The predicted molar refractivity (Wildman–Crippen MR) is 83.1 cm³/mol. The van der Waals surface area contributed by atoms with E-state index in [1.54, 1.807) is 6.07 Å². The third-order valence-corrected chi connectivity index (χ3v) is 4.19. The Labute approximate surface area is 130 Å². The zero-order chi connectivity index (χ0) is 14.7. The van der Waals surface area contributed by atoms with Gasteiger partial charge >= 0.3 is 0 Å². The van der Waals surface area contributed by atoms with Gasteiger partial charge in [-0.1, -0.05) is 43.1 Å². The van der Waals surface area contributed by atoms with Gasteiger partial charge in [0.2, 0.25) is 5.91 Å². The zero-order valence-corrected chi connectivity index (χ0v) is 13.3. The van der Waals surface area contributed by atoms with Crippen molar-refractivity contribution in [1.29, 1.82) is 0 Å². The highest BCUT2D eigenvalue weighted by Gasteiger charge is 2.28. The van der Waals surface area contributed by atoms with Gasteiger partial charge in [0.1, 0.15) is 0 Å². The topological polar surface area (TPSA) is 32.3 Å². The fourth-order valence-corrected chi connectivity index (χ4v) is 2.93. The predicted octanol–water partition coefficient (Wildman–Crippen LogP) is 3.34. The van der Waals surface area contributed by atoms with Crippen LogP contribution in [0.3, 0.4) is 0 Å². The molecule has 0 aromatic heterocycles. The quantitative estimate of drug-likeness (QED) is 0.924. The lowest BCUT2D eigenvalue weighted by molar-refractivity contribution is -0.137. The SMILES string of the molecule is CC(C)C(=O)N(Cc1ccc(Cl)cc1Cl)[C@H]1CCNC1. The van der Waals surface area contributed by atoms with Crippen LogP contribution in [-0.2, 0) is 11.3 Å². The maximum absolute atomic E-state index is 12.4. The normalized spacial score (nSPS) is 18.6. The molecular weight excluding hydrogens is 295 g/mol. The molecule has 1 atom stereocenters. The van der Waals surface area contributed by atoms with Gasteiger partial charge in [0.05, 0.1) is 0 Å². The molecule has 0 bridgehead atoms. The summed E-state index contributed by atoms with van der Waals surface area (Å²) < 4.78 is 0. The number of hydrogen-bond donors (Lipinski definition) is 1. The van der Waals surface area contributed by atoms with Crippen LogP contribution >= 0.6 is 23.2 Å². The Bertz CT molecular complexity index is 485. The minimum absolute atomic E-state index is 0.0123. The molecule has 0 unspecified atom stereocenters. The van der Waals surface area contributed by atoms with E-state index >= 15 is 0 Å². The Kier molecular flexibility index (Phi) is 5.30. The molecule has 1 fully saturated rings. The molecule has 3 nitrogen and oxygen atoms in total. The van der Waals surface area contributed by atoms with Gasteiger partial charge in [-0.2, -0.15) is 0 Å². The van der Waals surface area contributed by atoms with E-state index in [-0.39, 0.29) is 17.9 Å². The standard InChI is InChI=1S/C15H20Cl2N2O/c1-10(2)15(20)19(13-5-6-18-8-13)9-11-3-4-12(16)7-14(11)17/h3-4,7,10,13,18H,5-6,8-9H2,1-2H3/t13-/m0/s1. The highest BCUT2D eigenvalue weighted by molar-refractivity contribution is 6.35. The van der Waals surface area contributed by atoms with Gasteiger partial charge in [-0.3, -0.25) is 4.79 Å². The van der Waals surface area contributed by atoms with Crippen molar-refractivity contribution >= 4 is 29.1 Å². The molecule has 110 valence electrons. The lowest BCUT2D eigenvalue weighted by Gasteiger charge is -2.30. The smallest absolute Gasteiger partial charge is 0.225 e. The Hall–Kier alpha value is -0.770. The molecule has 1 N–H and O–H groups in total. The van der Waals surface area contributed by atoms with Gasteiger partial charge in [0, 0.05) is 35.1 Å². The molecule has 1 aromatic rings. The molecule has 1 saturated heterocycles. The highest BCUT2D eigenvalue weighted by atomic mass is 35.5. The largest absolute Gasteiger partial charge is 0.334 e. The molecule has 1 amide bonds. The van der Waals surface area contributed by atoms with E-state index < -0.39 is 0 Å². The number of nitrogens with one attached hydrogen (secondary N) is 1. The number of rotatable bonds is 4. The maximum Gasteiger partial charge on any atom is 0.225 e. The van der Waals surface area contributed by atoms with E-state index in [2.05, 4.69) is 5.32 Å². The van der Waals surface area contributed by atoms with Gasteiger partial charge in [0.25, 0.3) is 0 Å². The maximum atomic E-state index is 12.4. The summed E-state index contributed by atoms with van der Waals surface area (Å²) in [5.74, 6) is 0.159. The van der Waals surface area contributed by atoms with E-state index in [9.17, 15) is 4.79 Å². The second kappa shape index (κ2) is 6.79. The second-order valence-corrected chi connectivity index (χ2v) is 6.35. The van der Waals surface area contributed by atoms with Crippen LogP contribution in [0.2, 0.25) is 10.0 Å². The highest BCUT2D eigenvalue weighted by Crippen LogP contribution is 2.24. The summed E-state index contributed by atoms with van der Waals surface area (Å²) in [5.41, 5.74) is 0.942. The minimum Gasteiger partial charge on any atom is -0.334 e. The summed E-state index contributed by atoms with van der Waals surface area (Å²) in [6.45, 7) is 6.21. The van der Waals surface area contributed by atoms with E-state index in [0.717, 1.165) is 25.1 Å². The lowest BCUT2D eigenvalue weighted by Crippen LogP contribution is -2.43. The monoisotopic (exact) mass is 314 g/mol. The molecule has 20 heavy (non-hydrogen) atoms. The summed E-state index contributed by atoms with van der Waals surface area (Å²) in [6.07, 6.45) is 0.990. The fraction of sp³-hybridized carbons (Fsp3) is 0.533. The molecular formula is C15H20Cl2N2O. The first-order chi connectivity index (χ1) is 9.49. The molecule has 0 radical (unpaired) electrons. The third kappa shape index (κ3) is 3.66. The van der Waals surface area contributed by atoms with Crippen LogP contribution in [0.1, 0.15) is 25.8 Å². The fourth-order valence-electron chi connectivity index (χ4n) is 2.46. The van der Waals surface area contributed by atoms with E-state index in [0.29, 0.717) is 16.6 Å². The van der Waals surface area contributed by atoms with Crippen molar-refractivity contribution in [3.05, 3.63) is 33.8 Å². The van der Waals surface area contributed by atoms with Crippen molar-refractivity contribution < 1.29 is 4.79 Å². The molecule has 0 saturated carbocycles. The van der Waals surface area contributed by atoms with Crippen LogP contribution in [-0.4, -0.2) is 29.9 Å². The van der Waals surface area contributed by atoms with Crippen LogP contribution < -0.4 is 5.32 Å². The average molecular weight is 315 g/mol. The van der Waals surface area contributed by atoms with Gasteiger partial charge in [-0.15, -0.1) is 0 Å². The Morgan fingerprint density at radius 3 is 2.75 bits per heavy atom. The number of halogens is 2. The van der Waals surface area contributed by atoms with Crippen LogP contribution in [0.25, 0.3) is 0 Å². The first kappa shape index (κ1) is 15.6. The summed E-state index contributed by atoms with van der Waals surface area (Å²) >= 11 is 12.1. The van der Waals surface area contributed by atoms with E-state index in [4.69, 9.17) is 23.2 Å². The molecule has 1 heterocycles. The number of benzene rings is 1. The van der Waals surface area contributed by atoms with Gasteiger partial charge in [-0.25, -0.2) is 0 Å². The Morgan fingerprint density at radius 2 is 2.20 bits per heavy atom. The van der Waals surface area contributed by atoms with E-state index in [1.807, 2.05) is 30.9 Å². The van der Waals surface area contributed by atoms with Crippen molar-refractivity contribution in [2.45, 2.75) is 32.9 Å². The number of amides is 1. The van der Waals surface area contributed by atoms with Crippen molar-refractivity contribution in [3.8, 4) is 0 Å². The molecule has 1 aliphatic rings. The molecule has 2 rings (SSSR count). The number of hydrogen-bond acceptors (Lipinski definition) is 2. The van der Waals surface area contributed by atoms with Crippen LogP contribution in [0.15, 0.2) is 18.2 Å². The first-order valence-electron chi connectivity index (χ1n) is 6.94. The van der Waals surface area contributed by atoms with Gasteiger partial charge in [-0.05, 0) is 30.7 Å². The number of carbonyl (C=O) groups is 1. The first-order valence-corrected chi connectivity index (χ1v) is 7.69. The molecule has 0 aliphatic carbocycles. The van der Waals surface area contributed by atoms with Crippen molar-refractivity contribution in [2.24, 2.45) is 5.92 Å². The summed E-state index contributed by atoms with van der Waals surface area (Å²) in [6, 6.07) is 5.68. The third-order valence-electron chi connectivity index (χ3n) is 3.61. The van der Waals surface area contributed by atoms with Gasteiger partial charge < -0.3 is 10.2 Å². The Morgan fingerprint density at radius 1 is 1.45 bits per heavy atom. The summed E-state index contributed by atoms with van der Waals surface area (Å²) in [5, 5.41) is 4.54. The average Bonchev–Trinajstić information content (AvgIpc) is 2.90. The summed E-state index contributed by atoms with van der Waals surface area (Å²) in [4.78, 5) is 14.4. The molecule has 1 aliphatic heterocycles. The van der Waals surface area contributed by atoms with Crippen LogP contribution in [0, 0.1) is 5.92 Å². The minimum atomic E-state index is -0.0123. The molecule has 0 spiro atoms. The van der Waals surface area contributed by atoms with Gasteiger partial charge in [0.15, 0.2) is 0 Å². The molecule has 1 aromatic carbocycles. The van der Waals surface area contributed by atoms with E-state index in [1.165, 1.54) is 0 Å². The number of nitrogens with zero attached hydrogens (tertiary/aromatic N) is 1.